The number of hydrogen-bond acceptors (Lipinski definition) is 15. The number of carbonyl (C=O) groups excluding carboxylic acids is 4. The number of esters is 4. The van der Waals surface area contributed by atoms with Crippen LogP contribution in [0.1, 0.15) is 382 Å². The molecule has 17 nitrogen and oxygen atoms in total. The average Bonchev–Trinajstić information content (AvgIpc) is 1.24. The van der Waals surface area contributed by atoms with Crippen molar-refractivity contribution >= 4 is 39.5 Å². The molecule has 0 aromatic carbocycles. The summed E-state index contributed by atoms with van der Waals surface area (Å²) in [5, 5.41) is 10.6. The van der Waals surface area contributed by atoms with Crippen molar-refractivity contribution in [2.24, 2.45) is 17.8 Å². The first-order chi connectivity index (χ1) is 47.3. The van der Waals surface area contributed by atoms with Gasteiger partial charge in [-0.25, -0.2) is 9.13 Å². The minimum absolute atomic E-state index is 0.0839. The van der Waals surface area contributed by atoms with Crippen LogP contribution >= 0.6 is 15.6 Å². The average molecular weight is 1430 g/mol. The second kappa shape index (κ2) is 68.9. The van der Waals surface area contributed by atoms with Crippen molar-refractivity contribution in [3.8, 4) is 0 Å². The predicted molar refractivity (Wildman–Crippen MR) is 400 cm³/mol. The number of ether oxygens (including phenoxy) is 4. The molecule has 0 spiro atoms. The molecule has 0 aliphatic carbocycles. The number of aliphatic hydroxyl groups excluding tert-OH is 1. The topological polar surface area (TPSA) is 237 Å². The highest BCUT2D eigenvalue weighted by Crippen LogP contribution is 2.45. The van der Waals surface area contributed by atoms with Gasteiger partial charge in [0.05, 0.1) is 26.4 Å². The number of aliphatic hydroxyl groups is 1. The molecule has 0 aromatic rings. The highest BCUT2D eigenvalue weighted by Gasteiger charge is 2.30. The third-order valence-electron chi connectivity index (χ3n) is 18.1. The number of allylic oxidation sites excluding steroid dienone is 4. The van der Waals surface area contributed by atoms with Gasteiger partial charge in [0.2, 0.25) is 0 Å². The van der Waals surface area contributed by atoms with Crippen LogP contribution in [0.5, 0.6) is 0 Å². The van der Waals surface area contributed by atoms with Gasteiger partial charge < -0.3 is 33.8 Å². The van der Waals surface area contributed by atoms with Crippen LogP contribution in [0.3, 0.4) is 0 Å². The molecule has 0 saturated heterocycles. The summed E-state index contributed by atoms with van der Waals surface area (Å²) in [6.45, 7) is 11.8. The molecule has 3 N–H and O–H groups in total. The van der Waals surface area contributed by atoms with Crippen molar-refractivity contribution in [3.63, 3.8) is 0 Å². The van der Waals surface area contributed by atoms with E-state index in [0.717, 1.165) is 127 Å². The molecule has 0 heterocycles. The molecule has 98 heavy (non-hydrogen) atoms. The van der Waals surface area contributed by atoms with Crippen molar-refractivity contribution in [1.29, 1.82) is 0 Å². The minimum atomic E-state index is -4.96. The summed E-state index contributed by atoms with van der Waals surface area (Å²) in [5.41, 5.74) is 0. The van der Waals surface area contributed by atoms with Crippen molar-refractivity contribution < 1.29 is 80.2 Å². The van der Waals surface area contributed by atoms with E-state index in [2.05, 4.69) is 72.8 Å². The summed E-state index contributed by atoms with van der Waals surface area (Å²) in [6, 6.07) is 0. The van der Waals surface area contributed by atoms with Gasteiger partial charge in [0, 0.05) is 25.7 Å². The number of phosphoric acid groups is 2. The van der Waals surface area contributed by atoms with E-state index in [1.54, 1.807) is 0 Å². The third-order valence-corrected chi connectivity index (χ3v) is 20.0. The standard InChI is InChI=1S/C79H150O17P2/c1-8-10-11-12-13-14-15-16-21-26-29-34-39-48-55-62-78(83)96-75(67-90-77(82)61-54-47-42-41-45-52-59-72(7)9-2)69-94-98(87,88)92-65-73(80)64-91-97(85,86)93-68-74(95-79(84)63-56-49-40-35-30-32-37-44-51-58-71(5)6)66-89-76(81)60-53-46-38-33-28-25-23-20-18-17-19-22-24-27-31-36-43-50-57-70(3)4/h14-16,21,70-75,80H,8-13,17-20,22-69H2,1-7H3,(H,85,86)(H,87,88)/b15-14-,21-16-/t72?,73-,74-,75-/m1/s1. The van der Waals surface area contributed by atoms with Crippen molar-refractivity contribution in [3.05, 3.63) is 24.3 Å². The van der Waals surface area contributed by atoms with E-state index in [-0.39, 0.29) is 25.7 Å². The molecular formula is C79H150O17P2. The fourth-order valence-electron chi connectivity index (χ4n) is 11.6. The van der Waals surface area contributed by atoms with Gasteiger partial charge >= 0.3 is 39.5 Å². The molecule has 0 saturated carbocycles. The Morgan fingerprint density at radius 2 is 0.602 bits per heavy atom. The molecule has 0 aliphatic rings. The summed E-state index contributed by atoms with van der Waals surface area (Å²) in [7, 11) is -9.93. The van der Waals surface area contributed by atoms with E-state index in [9.17, 15) is 43.2 Å². The lowest BCUT2D eigenvalue weighted by Gasteiger charge is -2.21. The van der Waals surface area contributed by atoms with Crippen LogP contribution in [0.15, 0.2) is 24.3 Å². The van der Waals surface area contributed by atoms with Crippen molar-refractivity contribution in [1.82, 2.24) is 0 Å². The molecule has 0 bridgehead atoms. The molecule has 0 fully saturated rings. The van der Waals surface area contributed by atoms with Crippen LogP contribution in [0.4, 0.5) is 0 Å². The molecule has 0 amide bonds. The highest BCUT2D eigenvalue weighted by atomic mass is 31.2. The highest BCUT2D eigenvalue weighted by molar-refractivity contribution is 7.47. The smallest absolute Gasteiger partial charge is 0.462 e. The van der Waals surface area contributed by atoms with Crippen LogP contribution in [-0.2, 0) is 65.4 Å². The summed E-state index contributed by atoms with van der Waals surface area (Å²) < 4.78 is 68.5. The Labute approximate surface area is 599 Å². The van der Waals surface area contributed by atoms with E-state index in [0.29, 0.717) is 25.7 Å². The van der Waals surface area contributed by atoms with E-state index in [1.165, 1.54) is 173 Å². The molecule has 0 rings (SSSR count). The van der Waals surface area contributed by atoms with Gasteiger partial charge in [0.25, 0.3) is 0 Å². The normalized spacial score (nSPS) is 14.4. The van der Waals surface area contributed by atoms with Gasteiger partial charge in [-0.05, 0) is 69.1 Å². The fourth-order valence-corrected chi connectivity index (χ4v) is 13.1. The van der Waals surface area contributed by atoms with Gasteiger partial charge in [0.1, 0.15) is 19.3 Å². The summed E-state index contributed by atoms with van der Waals surface area (Å²) in [5.74, 6) is 0.137. The molecule has 0 aromatic heterocycles. The van der Waals surface area contributed by atoms with Gasteiger partial charge in [-0.15, -0.1) is 0 Å². The first-order valence-corrected chi connectivity index (χ1v) is 43.2. The van der Waals surface area contributed by atoms with Gasteiger partial charge in [-0.2, -0.15) is 0 Å². The third kappa shape index (κ3) is 70.6. The van der Waals surface area contributed by atoms with Crippen LogP contribution in [0, 0.1) is 17.8 Å². The second-order valence-corrected chi connectivity index (χ2v) is 31.9. The first-order valence-electron chi connectivity index (χ1n) is 40.2. The first kappa shape index (κ1) is 95.5. The van der Waals surface area contributed by atoms with E-state index >= 15 is 0 Å². The Morgan fingerprint density at radius 3 is 0.908 bits per heavy atom. The van der Waals surface area contributed by atoms with E-state index in [1.807, 2.05) is 0 Å². The lowest BCUT2D eigenvalue weighted by molar-refractivity contribution is -0.161. The molecular weight excluding hydrogens is 1280 g/mol. The number of rotatable bonds is 75. The summed E-state index contributed by atoms with van der Waals surface area (Å²) >= 11 is 0. The van der Waals surface area contributed by atoms with Crippen molar-refractivity contribution in [2.75, 3.05) is 39.6 Å². The Kier molecular flexibility index (Phi) is 67.2. The lowest BCUT2D eigenvalue weighted by atomic mass is 10.00. The van der Waals surface area contributed by atoms with Gasteiger partial charge in [0.15, 0.2) is 12.2 Å². The number of carbonyl (C=O) groups is 4. The molecule has 6 atom stereocenters. The van der Waals surface area contributed by atoms with Crippen LogP contribution in [-0.4, -0.2) is 96.7 Å². The zero-order chi connectivity index (χ0) is 72.3. The summed E-state index contributed by atoms with van der Waals surface area (Å²) in [6.07, 6.45) is 59.3. The molecule has 578 valence electrons. The number of hydrogen-bond donors (Lipinski definition) is 3. The lowest BCUT2D eigenvalue weighted by Crippen LogP contribution is -2.30. The zero-order valence-electron chi connectivity index (χ0n) is 63.7. The second-order valence-electron chi connectivity index (χ2n) is 29.0. The quantitative estimate of drug-likeness (QED) is 0.0169. The van der Waals surface area contributed by atoms with E-state index < -0.39 is 97.5 Å². The summed E-state index contributed by atoms with van der Waals surface area (Å²) in [4.78, 5) is 72.9. The molecule has 3 unspecified atom stereocenters. The molecule has 19 heteroatoms. The van der Waals surface area contributed by atoms with Crippen LogP contribution < -0.4 is 0 Å². The Hall–Kier alpha value is -2.46. The SMILES string of the molecule is CCCCCC/C=C\C=C/CCCCCCCC(=O)O[C@H](COC(=O)CCCCCCCCC(C)CC)COP(=O)(O)OC[C@H](O)COP(=O)(O)OC[C@@H](COC(=O)CCCCCCCCCCCCCCCCCCCCC(C)C)OC(=O)CCCCCCCCCCCC(C)C. The Bertz CT molecular complexity index is 2000. The maximum Gasteiger partial charge on any atom is 0.472 e. The molecule has 0 aliphatic heterocycles. The van der Waals surface area contributed by atoms with Crippen LogP contribution in [0.2, 0.25) is 0 Å². The molecule has 0 radical (unpaired) electrons. The predicted octanol–water partition coefficient (Wildman–Crippen LogP) is 22.9. The Morgan fingerprint density at radius 1 is 0.337 bits per heavy atom. The maximum absolute atomic E-state index is 13.1. The zero-order valence-corrected chi connectivity index (χ0v) is 65.5. The maximum atomic E-state index is 13.1. The van der Waals surface area contributed by atoms with Crippen LogP contribution in [0.25, 0.3) is 0 Å². The Balaban J connectivity index is 5.21. The van der Waals surface area contributed by atoms with Gasteiger partial charge in [-0.3, -0.25) is 37.3 Å². The van der Waals surface area contributed by atoms with E-state index in [4.69, 9.17) is 37.0 Å². The van der Waals surface area contributed by atoms with Gasteiger partial charge in [-0.1, -0.05) is 330 Å². The minimum Gasteiger partial charge on any atom is -0.462 e. The van der Waals surface area contributed by atoms with Crippen molar-refractivity contribution in [2.45, 2.75) is 401 Å². The number of phosphoric ester groups is 2. The number of unbranched alkanes of at least 4 members (excludes halogenated alkanes) is 39. The fraction of sp³-hybridized carbons (Fsp3) is 0.899. The largest absolute Gasteiger partial charge is 0.472 e. The monoisotopic (exact) mass is 1430 g/mol.